The van der Waals surface area contributed by atoms with E-state index in [1.54, 1.807) is 6.92 Å². The van der Waals surface area contributed by atoms with Crippen molar-refractivity contribution in [2.24, 2.45) is 10.8 Å². The van der Waals surface area contributed by atoms with Crippen molar-refractivity contribution in [2.75, 3.05) is 13.7 Å². The van der Waals surface area contributed by atoms with Gasteiger partial charge in [0.15, 0.2) is 11.6 Å². The SMILES string of the molecule is COc1cc(F)c(O[C@H]2CC[C@@](C)(C(=O)O)CC2)cc1C(=O)NC1=C(C(=O)NCC2(C)CCC2)C2=CC=C1C2. The minimum Gasteiger partial charge on any atom is -0.496 e. The molecule has 0 atom stereocenters. The maximum absolute atomic E-state index is 14.9. The monoisotopic (exact) mass is 538 g/mol. The minimum absolute atomic E-state index is 0.0420. The third kappa shape index (κ3) is 5.18. The number of carbonyl (C=O) groups is 3. The number of aliphatic carboxylic acids is 1. The van der Waals surface area contributed by atoms with E-state index in [-0.39, 0.29) is 34.5 Å². The molecule has 8 nitrogen and oxygen atoms in total. The maximum atomic E-state index is 14.9. The van der Waals surface area contributed by atoms with Crippen LogP contribution in [0.2, 0.25) is 0 Å². The number of rotatable bonds is 9. The van der Waals surface area contributed by atoms with E-state index in [0.717, 1.165) is 30.1 Å². The lowest BCUT2D eigenvalue weighted by molar-refractivity contribution is -0.150. The molecular weight excluding hydrogens is 503 g/mol. The molecule has 0 unspecified atom stereocenters. The average molecular weight is 539 g/mol. The van der Waals surface area contributed by atoms with E-state index < -0.39 is 23.1 Å². The summed E-state index contributed by atoms with van der Waals surface area (Å²) in [4.78, 5) is 38.2. The Morgan fingerprint density at radius 2 is 1.72 bits per heavy atom. The first kappa shape index (κ1) is 27.0. The molecule has 0 heterocycles. The largest absolute Gasteiger partial charge is 0.496 e. The summed E-state index contributed by atoms with van der Waals surface area (Å²) in [7, 11) is 1.35. The van der Waals surface area contributed by atoms with Gasteiger partial charge in [-0.05, 0) is 68.1 Å². The van der Waals surface area contributed by atoms with Crippen LogP contribution in [0.5, 0.6) is 11.5 Å². The lowest BCUT2D eigenvalue weighted by Gasteiger charge is -2.38. The van der Waals surface area contributed by atoms with Crippen LogP contribution in [0, 0.1) is 16.6 Å². The van der Waals surface area contributed by atoms with Crippen molar-refractivity contribution in [1.29, 1.82) is 0 Å². The third-order valence-corrected chi connectivity index (χ3v) is 8.81. The van der Waals surface area contributed by atoms with Crippen LogP contribution < -0.4 is 20.1 Å². The molecule has 4 aliphatic carbocycles. The number of fused-ring (bicyclic) bond motifs is 2. The lowest BCUT2D eigenvalue weighted by atomic mass is 9.70. The number of carbonyl (C=O) groups excluding carboxylic acids is 2. The first-order chi connectivity index (χ1) is 18.5. The fourth-order valence-electron chi connectivity index (χ4n) is 5.82. The van der Waals surface area contributed by atoms with Crippen LogP contribution in [0.15, 0.2) is 46.7 Å². The number of allylic oxidation sites excluding steroid dienone is 3. The number of benzene rings is 1. The van der Waals surface area contributed by atoms with Gasteiger partial charge in [0.2, 0.25) is 0 Å². The van der Waals surface area contributed by atoms with Gasteiger partial charge in [-0.3, -0.25) is 14.4 Å². The average Bonchev–Trinajstić information content (AvgIpc) is 3.50. The van der Waals surface area contributed by atoms with Crippen LogP contribution in [-0.4, -0.2) is 42.6 Å². The summed E-state index contributed by atoms with van der Waals surface area (Å²) in [6.07, 6.45) is 9.08. The molecule has 208 valence electrons. The van der Waals surface area contributed by atoms with E-state index in [1.807, 2.05) is 12.2 Å². The molecule has 1 aromatic carbocycles. The van der Waals surface area contributed by atoms with Crippen LogP contribution in [0.4, 0.5) is 4.39 Å². The third-order valence-electron chi connectivity index (χ3n) is 8.81. The number of carboxylic acids is 1. The molecule has 1 aromatic rings. The Morgan fingerprint density at radius 1 is 1.03 bits per heavy atom. The van der Waals surface area contributed by atoms with Crippen molar-refractivity contribution in [3.8, 4) is 11.5 Å². The van der Waals surface area contributed by atoms with E-state index in [0.29, 0.717) is 49.9 Å². The van der Waals surface area contributed by atoms with Gasteiger partial charge in [0, 0.05) is 19.0 Å². The molecule has 2 amide bonds. The van der Waals surface area contributed by atoms with Gasteiger partial charge in [0.05, 0.1) is 35.5 Å². The van der Waals surface area contributed by atoms with Crippen molar-refractivity contribution in [3.05, 3.63) is 58.1 Å². The van der Waals surface area contributed by atoms with Gasteiger partial charge in [-0.1, -0.05) is 25.5 Å². The molecule has 39 heavy (non-hydrogen) atoms. The number of carboxylic acid groups (broad SMARTS) is 1. The van der Waals surface area contributed by atoms with Gasteiger partial charge in [0.1, 0.15) is 5.75 Å². The molecule has 0 aromatic heterocycles. The van der Waals surface area contributed by atoms with Crippen molar-refractivity contribution < 1.29 is 33.4 Å². The summed E-state index contributed by atoms with van der Waals surface area (Å²) in [6.45, 7) is 4.46. The Labute approximate surface area is 227 Å². The van der Waals surface area contributed by atoms with E-state index in [9.17, 15) is 23.9 Å². The fourth-order valence-corrected chi connectivity index (χ4v) is 5.82. The highest BCUT2D eigenvalue weighted by Crippen LogP contribution is 2.42. The smallest absolute Gasteiger partial charge is 0.309 e. The molecule has 3 N–H and O–H groups in total. The molecule has 4 aliphatic rings. The predicted octanol–water partition coefficient (Wildman–Crippen LogP) is 4.81. The van der Waals surface area contributed by atoms with Gasteiger partial charge in [-0.15, -0.1) is 0 Å². The molecule has 2 bridgehead atoms. The Bertz CT molecular complexity index is 1310. The zero-order valence-corrected chi connectivity index (χ0v) is 22.6. The number of nitrogens with one attached hydrogen (secondary N) is 2. The standard InChI is InChI=1S/C30H35FN2O6/c1-29(9-4-10-29)16-32-27(35)24-17-5-6-18(13-17)25(24)33-26(34)20-14-23(21(31)15-22(20)38-3)39-19-7-11-30(2,12-8-19)28(36)37/h5-6,14-15,19H,4,7-13,16H2,1-3H3,(H,32,35)(H,33,34)(H,36,37)/t19-,30+. The Hall–Kier alpha value is -3.62. The van der Waals surface area contributed by atoms with Crippen molar-refractivity contribution in [3.63, 3.8) is 0 Å². The molecule has 5 rings (SSSR count). The number of amides is 2. The molecule has 0 spiro atoms. The van der Waals surface area contributed by atoms with Crippen molar-refractivity contribution in [1.82, 2.24) is 10.6 Å². The highest BCUT2D eigenvalue weighted by atomic mass is 19.1. The van der Waals surface area contributed by atoms with E-state index in [2.05, 4.69) is 17.6 Å². The summed E-state index contributed by atoms with van der Waals surface area (Å²) in [5, 5.41) is 15.4. The Morgan fingerprint density at radius 3 is 2.33 bits per heavy atom. The first-order valence-corrected chi connectivity index (χ1v) is 13.5. The topological polar surface area (TPSA) is 114 Å². The zero-order chi connectivity index (χ0) is 27.9. The summed E-state index contributed by atoms with van der Waals surface area (Å²) >= 11 is 0. The summed E-state index contributed by atoms with van der Waals surface area (Å²) in [5.74, 6) is -2.33. The van der Waals surface area contributed by atoms with Crippen LogP contribution in [0.3, 0.4) is 0 Å². The van der Waals surface area contributed by atoms with Gasteiger partial charge in [0.25, 0.3) is 11.8 Å². The lowest BCUT2D eigenvalue weighted by Crippen LogP contribution is -2.41. The van der Waals surface area contributed by atoms with Crippen LogP contribution >= 0.6 is 0 Å². The molecule has 2 fully saturated rings. The Kier molecular flexibility index (Phi) is 7.03. The molecular formula is C30H35FN2O6. The predicted molar refractivity (Wildman–Crippen MR) is 142 cm³/mol. The maximum Gasteiger partial charge on any atom is 0.309 e. The Balaban J connectivity index is 1.33. The molecule has 2 saturated carbocycles. The quantitative estimate of drug-likeness (QED) is 0.416. The van der Waals surface area contributed by atoms with Crippen LogP contribution in [0.25, 0.3) is 0 Å². The van der Waals surface area contributed by atoms with E-state index in [4.69, 9.17) is 9.47 Å². The second-order valence-corrected chi connectivity index (χ2v) is 11.8. The van der Waals surface area contributed by atoms with E-state index in [1.165, 1.54) is 19.6 Å². The number of methoxy groups -OCH3 is 1. The first-order valence-electron chi connectivity index (χ1n) is 13.5. The minimum atomic E-state index is -0.846. The second kappa shape index (κ2) is 10.2. The van der Waals surface area contributed by atoms with Crippen LogP contribution in [-0.2, 0) is 9.59 Å². The van der Waals surface area contributed by atoms with Crippen molar-refractivity contribution >= 4 is 17.8 Å². The summed E-state index contributed by atoms with van der Waals surface area (Å²) < 4.78 is 26.1. The molecule has 9 heteroatoms. The van der Waals surface area contributed by atoms with Gasteiger partial charge in [-0.2, -0.15) is 0 Å². The zero-order valence-electron chi connectivity index (χ0n) is 22.6. The molecule has 0 radical (unpaired) electrons. The van der Waals surface area contributed by atoms with E-state index >= 15 is 0 Å². The number of halogens is 1. The summed E-state index contributed by atoms with van der Waals surface area (Å²) in [6, 6.07) is 2.42. The fraction of sp³-hybridized carbons (Fsp3) is 0.500. The molecule has 0 saturated heterocycles. The van der Waals surface area contributed by atoms with Crippen molar-refractivity contribution in [2.45, 2.75) is 71.3 Å². The number of hydrogen-bond donors (Lipinski definition) is 3. The number of hydrogen-bond acceptors (Lipinski definition) is 5. The van der Waals surface area contributed by atoms with Gasteiger partial charge >= 0.3 is 5.97 Å². The van der Waals surface area contributed by atoms with Gasteiger partial charge < -0.3 is 25.2 Å². The molecule has 0 aliphatic heterocycles. The highest BCUT2D eigenvalue weighted by molar-refractivity contribution is 6.05. The van der Waals surface area contributed by atoms with Gasteiger partial charge in [-0.25, -0.2) is 4.39 Å². The second-order valence-electron chi connectivity index (χ2n) is 11.8. The van der Waals surface area contributed by atoms with Crippen LogP contribution in [0.1, 0.15) is 75.6 Å². The normalized spacial score (nSPS) is 24.9. The number of ether oxygens (including phenoxy) is 2. The highest BCUT2D eigenvalue weighted by Gasteiger charge is 2.39. The summed E-state index contributed by atoms with van der Waals surface area (Å²) in [5.41, 5.74) is 2.01.